The second-order valence-corrected chi connectivity index (χ2v) is 7.52. The summed E-state index contributed by atoms with van der Waals surface area (Å²) in [7, 11) is 0. The van der Waals surface area contributed by atoms with E-state index in [1.807, 2.05) is 6.07 Å². The molecule has 1 aromatic carbocycles. The van der Waals surface area contributed by atoms with Crippen LogP contribution in [0.4, 0.5) is 10.1 Å². The summed E-state index contributed by atoms with van der Waals surface area (Å²) < 4.78 is 14.4. The van der Waals surface area contributed by atoms with Gasteiger partial charge in [-0.05, 0) is 72.5 Å². The fourth-order valence-corrected chi connectivity index (χ4v) is 4.58. The molecule has 0 spiro atoms. The van der Waals surface area contributed by atoms with Gasteiger partial charge in [-0.2, -0.15) is 0 Å². The van der Waals surface area contributed by atoms with Crippen LogP contribution in [0.2, 0.25) is 0 Å². The molecule has 2 nitrogen and oxygen atoms in total. The van der Waals surface area contributed by atoms with E-state index < -0.39 is 0 Å². The smallest absolute Gasteiger partial charge is 0.124 e. The quantitative estimate of drug-likeness (QED) is 0.747. The van der Waals surface area contributed by atoms with Gasteiger partial charge in [-0.3, -0.25) is 0 Å². The number of hydrogen-bond acceptors (Lipinski definition) is 2. The zero-order valence-electron chi connectivity index (χ0n) is 12.5. The molecule has 4 heteroatoms. The number of halogens is 2. The van der Waals surface area contributed by atoms with Crippen LogP contribution in [0.5, 0.6) is 0 Å². The Kier molecular flexibility index (Phi) is 5.38. The van der Waals surface area contributed by atoms with Crippen LogP contribution >= 0.6 is 22.6 Å². The lowest BCUT2D eigenvalue weighted by atomic mass is 9.83. The van der Waals surface area contributed by atoms with Gasteiger partial charge >= 0.3 is 0 Å². The summed E-state index contributed by atoms with van der Waals surface area (Å²) in [6.45, 7) is 3.24. The van der Waals surface area contributed by atoms with E-state index >= 15 is 0 Å². The summed E-state index contributed by atoms with van der Waals surface area (Å²) in [5.41, 5.74) is 1.20. The number of nitrogens with one attached hydrogen (secondary N) is 1. The Morgan fingerprint density at radius 3 is 2.71 bits per heavy atom. The molecule has 0 radical (unpaired) electrons. The molecule has 21 heavy (non-hydrogen) atoms. The van der Waals surface area contributed by atoms with Gasteiger partial charge in [-0.1, -0.05) is 19.3 Å². The lowest BCUT2D eigenvalue weighted by Gasteiger charge is -2.34. The molecule has 1 aromatic rings. The maximum atomic E-state index is 13.3. The Labute approximate surface area is 140 Å². The van der Waals surface area contributed by atoms with E-state index in [1.54, 1.807) is 12.1 Å². The molecule has 116 valence electrons. The topological polar surface area (TPSA) is 15.3 Å². The zero-order valence-corrected chi connectivity index (χ0v) is 14.6. The monoisotopic (exact) mass is 402 g/mol. The maximum absolute atomic E-state index is 13.3. The molecular weight excluding hydrogens is 378 g/mol. The second kappa shape index (κ2) is 7.27. The van der Waals surface area contributed by atoms with Gasteiger partial charge in [0.2, 0.25) is 0 Å². The summed E-state index contributed by atoms with van der Waals surface area (Å²) in [6.07, 6.45) is 8.07. The van der Waals surface area contributed by atoms with Crippen molar-refractivity contribution >= 4 is 28.3 Å². The van der Waals surface area contributed by atoms with Gasteiger partial charge in [0.1, 0.15) is 5.82 Å². The van der Waals surface area contributed by atoms with Crippen molar-refractivity contribution < 1.29 is 4.39 Å². The van der Waals surface area contributed by atoms with Crippen molar-refractivity contribution in [3.05, 3.63) is 27.6 Å². The van der Waals surface area contributed by atoms with E-state index in [-0.39, 0.29) is 5.82 Å². The molecule has 1 heterocycles. The number of rotatable bonds is 2. The fourth-order valence-electron chi connectivity index (χ4n) is 3.76. The number of benzene rings is 1. The van der Waals surface area contributed by atoms with Gasteiger partial charge in [0.25, 0.3) is 0 Å². The van der Waals surface area contributed by atoms with Crippen LogP contribution in [0, 0.1) is 15.3 Å². The van der Waals surface area contributed by atoms with Gasteiger partial charge in [-0.25, -0.2) is 4.39 Å². The first-order chi connectivity index (χ1) is 10.2. The lowest BCUT2D eigenvalue weighted by Crippen LogP contribution is -2.44. The van der Waals surface area contributed by atoms with Crippen LogP contribution in [-0.2, 0) is 0 Å². The standard InChI is InChI=1S/C17H24FIN2/c18-14-7-8-17(15(19)11-14)21-10-4-9-20-16(12-21)13-5-2-1-3-6-13/h7-8,11,13,16,20H,1-6,9-10,12H2. The molecule has 1 N–H and O–H groups in total. The van der Waals surface area contributed by atoms with Crippen molar-refractivity contribution in [2.75, 3.05) is 24.5 Å². The maximum Gasteiger partial charge on any atom is 0.124 e. The minimum absolute atomic E-state index is 0.139. The Morgan fingerprint density at radius 2 is 1.95 bits per heavy atom. The molecule has 0 aromatic heterocycles. The van der Waals surface area contributed by atoms with Gasteiger partial charge in [0.05, 0.1) is 5.69 Å². The highest BCUT2D eigenvalue weighted by Gasteiger charge is 2.27. The minimum Gasteiger partial charge on any atom is -0.369 e. The van der Waals surface area contributed by atoms with Gasteiger partial charge in [0.15, 0.2) is 0 Å². The van der Waals surface area contributed by atoms with E-state index in [2.05, 4.69) is 32.8 Å². The molecular formula is C17H24FIN2. The highest BCUT2D eigenvalue weighted by molar-refractivity contribution is 14.1. The van der Waals surface area contributed by atoms with Crippen LogP contribution in [0.1, 0.15) is 38.5 Å². The molecule has 1 atom stereocenters. The second-order valence-electron chi connectivity index (χ2n) is 6.35. The van der Waals surface area contributed by atoms with E-state index in [4.69, 9.17) is 0 Å². The van der Waals surface area contributed by atoms with E-state index in [1.165, 1.54) is 37.8 Å². The summed E-state index contributed by atoms with van der Waals surface area (Å²) in [5.74, 6) is 0.678. The highest BCUT2D eigenvalue weighted by Crippen LogP contribution is 2.30. The van der Waals surface area contributed by atoms with Crippen LogP contribution < -0.4 is 10.2 Å². The Bertz CT molecular complexity index is 474. The average Bonchev–Trinajstić information content (AvgIpc) is 2.74. The first-order valence-electron chi connectivity index (χ1n) is 8.17. The first-order valence-corrected chi connectivity index (χ1v) is 9.25. The van der Waals surface area contributed by atoms with Gasteiger partial charge < -0.3 is 10.2 Å². The number of anilines is 1. The van der Waals surface area contributed by atoms with Gasteiger partial charge in [0, 0.05) is 22.7 Å². The molecule has 3 rings (SSSR count). The molecule has 1 aliphatic carbocycles. The molecule has 2 fully saturated rings. The summed E-state index contributed by atoms with van der Waals surface area (Å²) in [5, 5.41) is 3.76. The summed E-state index contributed by atoms with van der Waals surface area (Å²) in [4.78, 5) is 2.46. The van der Waals surface area contributed by atoms with E-state index in [0.717, 1.165) is 35.5 Å². The van der Waals surface area contributed by atoms with Crippen LogP contribution in [0.15, 0.2) is 18.2 Å². The normalized spacial score (nSPS) is 24.9. The third kappa shape index (κ3) is 3.89. The zero-order chi connectivity index (χ0) is 14.7. The predicted molar refractivity (Wildman–Crippen MR) is 94.3 cm³/mol. The number of hydrogen-bond donors (Lipinski definition) is 1. The van der Waals surface area contributed by atoms with Crippen molar-refractivity contribution in [2.24, 2.45) is 5.92 Å². The Hall–Kier alpha value is -0.360. The van der Waals surface area contributed by atoms with E-state index in [9.17, 15) is 4.39 Å². The summed E-state index contributed by atoms with van der Waals surface area (Å²) >= 11 is 2.26. The summed E-state index contributed by atoms with van der Waals surface area (Å²) in [6, 6.07) is 5.77. The molecule has 1 saturated heterocycles. The largest absolute Gasteiger partial charge is 0.369 e. The Balaban J connectivity index is 1.75. The molecule has 1 unspecified atom stereocenters. The van der Waals surface area contributed by atoms with Crippen LogP contribution in [0.3, 0.4) is 0 Å². The average molecular weight is 402 g/mol. The van der Waals surface area contributed by atoms with Crippen molar-refractivity contribution in [2.45, 2.75) is 44.6 Å². The van der Waals surface area contributed by atoms with Crippen molar-refractivity contribution in [1.29, 1.82) is 0 Å². The SMILES string of the molecule is Fc1ccc(N2CCCNC(C3CCCCC3)C2)c(I)c1. The van der Waals surface area contributed by atoms with Crippen molar-refractivity contribution in [3.63, 3.8) is 0 Å². The molecule has 1 saturated carbocycles. The van der Waals surface area contributed by atoms with E-state index in [0.29, 0.717) is 6.04 Å². The van der Waals surface area contributed by atoms with Gasteiger partial charge in [-0.15, -0.1) is 0 Å². The molecule has 2 aliphatic rings. The third-order valence-electron chi connectivity index (χ3n) is 4.90. The Morgan fingerprint density at radius 1 is 1.14 bits per heavy atom. The molecule has 0 bridgehead atoms. The molecule has 1 aliphatic heterocycles. The van der Waals surface area contributed by atoms with Crippen LogP contribution in [0.25, 0.3) is 0 Å². The molecule has 0 amide bonds. The lowest BCUT2D eigenvalue weighted by molar-refractivity contribution is 0.277. The van der Waals surface area contributed by atoms with Crippen molar-refractivity contribution in [3.8, 4) is 0 Å². The fraction of sp³-hybridized carbons (Fsp3) is 0.647. The predicted octanol–water partition coefficient (Wildman–Crippen LogP) is 4.18. The first kappa shape index (κ1) is 15.5. The highest BCUT2D eigenvalue weighted by atomic mass is 127. The third-order valence-corrected chi connectivity index (χ3v) is 5.76. The van der Waals surface area contributed by atoms with Crippen LogP contribution in [-0.4, -0.2) is 25.7 Å². The minimum atomic E-state index is -0.139. The number of nitrogens with zero attached hydrogens (tertiary/aromatic N) is 1. The van der Waals surface area contributed by atoms with Crippen molar-refractivity contribution in [1.82, 2.24) is 5.32 Å².